The van der Waals surface area contributed by atoms with Gasteiger partial charge in [0.15, 0.2) is 0 Å². The van der Waals surface area contributed by atoms with Crippen molar-refractivity contribution in [1.29, 1.82) is 0 Å². The molecule has 0 amide bonds. The Morgan fingerprint density at radius 1 is 1.29 bits per heavy atom. The van der Waals surface area contributed by atoms with E-state index in [4.69, 9.17) is 0 Å². The number of hydrogen-bond acceptors (Lipinski definition) is 3. The summed E-state index contributed by atoms with van der Waals surface area (Å²) < 4.78 is 1.67. The molecule has 4 heteroatoms. The highest BCUT2D eigenvalue weighted by molar-refractivity contribution is 5.28. The summed E-state index contributed by atoms with van der Waals surface area (Å²) in [5, 5.41) is 3.53. The molecule has 1 atom stereocenters. The van der Waals surface area contributed by atoms with Gasteiger partial charge >= 0.3 is 0 Å². The van der Waals surface area contributed by atoms with E-state index < -0.39 is 0 Å². The lowest BCUT2D eigenvalue weighted by Gasteiger charge is -2.21. The molecule has 0 bridgehead atoms. The lowest BCUT2D eigenvalue weighted by Crippen LogP contribution is -2.31. The molecule has 0 saturated heterocycles. The largest absolute Gasteiger partial charge is 0.308 e. The van der Waals surface area contributed by atoms with E-state index in [1.54, 1.807) is 17.0 Å². The van der Waals surface area contributed by atoms with Crippen LogP contribution in [0.3, 0.4) is 0 Å². The topological polar surface area (TPSA) is 46.9 Å². The molecule has 1 aromatic heterocycles. The monoisotopic (exact) mass is 285 g/mol. The van der Waals surface area contributed by atoms with Crippen LogP contribution in [0.1, 0.15) is 36.2 Å². The molecule has 0 aliphatic rings. The Morgan fingerprint density at radius 3 is 2.71 bits per heavy atom. The summed E-state index contributed by atoms with van der Waals surface area (Å²) in [6, 6.07) is 10.00. The van der Waals surface area contributed by atoms with Crippen molar-refractivity contribution in [3.8, 4) is 0 Å². The average molecular weight is 285 g/mol. The molecule has 0 fully saturated rings. The fraction of sp³-hybridized carbons (Fsp3) is 0.412. The van der Waals surface area contributed by atoms with E-state index in [0.717, 1.165) is 18.7 Å². The number of benzene rings is 1. The van der Waals surface area contributed by atoms with Gasteiger partial charge in [0.2, 0.25) is 0 Å². The van der Waals surface area contributed by atoms with Crippen LogP contribution in [-0.2, 0) is 6.54 Å². The van der Waals surface area contributed by atoms with Crippen LogP contribution in [0.15, 0.2) is 41.5 Å². The van der Waals surface area contributed by atoms with E-state index in [0.29, 0.717) is 6.54 Å². The summed E-state index contributed by atoms with van der Waals surface area (Å²) in [5.74, 6) is 0. The van der Waals surface area contributed by atoms with E-state index in [1.165, 1.54) is 11.1 Å². The number of nitrogens with zero attached hydrogens (tertiary/aromatic N) is 2. The van der Waals surface area contributed by atoms with Crippen molar-refractivity contribution in [2.75, 3.05) is 6.54 Å². The van der Waals surface area contributed by atoms with Gasteiger partial charge in [0.05, 0.1) is 12.4 Å². The quantitative estimate of drug-likeness (QED) is 0.887. The van der Waals surface area contributed by atoms with Crippen molar-refractivity contribution in [3.05, 3.63) is 63.8 Å². The second-order valence-electron chi connectivity index (χ2n) is 5.38. The third-order valence-corrected chi connectivity index (χ3v) is 3.60. The van der Waals surface area contributed by atoms with Gasteiger partial charge in [-0.25, -0.2) is 4.98 Å². The smallest absolute Gasteiger partial charge is 0.253 e. The first-order valence-electron chi connectivity index (χ1n) is 7.43. The van der Waals surface area contributed by atoms with Crippen molar-refractivity contribution in [3.63, 3.8) is 0 Å². The minimum Gasteiger partial charge on any atom is -0.308 e. The maximum atomic E-state index is 12.1. The third kappa shape index (κ3) is 4.02. The molecule has 1 N–H and O–H groups in total. The molecule has 112 valence electrons. The highest BCUT2D eigenvalue weighted by Gasteiger charge is 2.14. The summed E-state index contributed by atoms with van der Waals surface area (Å²) in [4.78, 5) is 16.3. The average Bonchev–Trinajstić information content (AvgIpc) is 2.46. The standard InChI is InChI=1S/C17H23N3O/c1-4-9-18-16(15-8-6-5-7-13(15)2)11-20-12-19-14(3)10-17(20)21/h5-8,10,12,16,18H,4,9,11H2,1-3H3. The fourth-order valence-corrected chi connectivity index (χ4v) is 2.42. The zero-order valence-corrected chi connectivity index (χ0v) is 13.0. The highest BCUT2D eigenvalue weighted by Crippen LogP contribution is 2.18. The molecule has 21 heavy (non-hydrogen) atoms. The molecule has 1 heterocycles. The molecule has 0 aliphatic carbocycles. The third-order valence-electron chi connectivity index (χ3n) is 3.60. The van der Waals surface area contributed by atoms with E-state index in [1.807, 2.05) is 19.1 Å². The van der Waals surface area contributed by atoms with Crippen molar-refractivity contribution < 1.29 is 0 Å². The molecule has 0 saturated carbocycles. The molecule has 1 aromatic carbocycles. The predicted molar refractivity (Wildman–Crippen MR) is 85.4 cm³/mol. The molecule has 4 nitrogen and oxygen atoms in total. The highest BCUT2D eigenvalue weighted by atomic mass is 16.1. The lowest BCUT2D eigenvalue weighted by molar-refractivity contribution is 0.451. The molecular weight excluding hydrogens is 262 g/mol. The van der Waals surface area contributed by atoms with Crippen LogP contribution in [0, 0.1) is 13.8 Å². The molecule has 0 radical (unpaired) electrons. The summed E-state index contributed by atoms with van der Waals surface area (Å²) >= 11 is 0. The van der Waals surface area contributed by atoms with Crippen LogP contribution >= 0.6 is 0 Å². The van der Waals surface area contributed by atoms with Crippen LogP contribution < -0.4 is 10.9 Å². The maximum Gasteiger partial charge on any atom is 0.253 e. The van der Waals surface area contributed by atoms with Gasteiger partial charge in [-0.15, -0.1) is 0 Å². The van der Waals surface area contributed by atoms with Gasteiger partial charge in [0, 0.05) is 18.3 Å². The molecule has 0 aliphatic heterocycles. The summed E-state index contributed by atoms with van der Waals surface area (Å²) in [7, 11) is 0. The SMILES string of the molecule is CCCNC(Cn1cnc(C)cc1=O)c1ccccc1C. The van der Waals surface area contributed by atoms with E-state index in [9.17, 15) is 4.79 Å². The second kappa shape index (κ2) is 7.18. The Bertz CT molecular complexity index is 648. The van der Waals surface area contributed by atoms with Gasteiger partial charge in [0.1, 0.15) is 0 Å². The van der Waals surface area contributed by atoms with Crippen molar-refractivity contribution in [2.24, 2.45) is 0 Å². The predicted octanol–water partition coefficient (Wildman–Crippen LogP) is 2.60. The fourth-order valence-electron chi connectivity index (χ4n) is 2.42. The Hall–Kier alpha value is -1.94. The van der Waals surface area contributed by atoms with Crippen molar-refractivity contribution >= 4 is 0 Å². The van der Waals surface area contributed by atoms with E-state index in [-0.39, 0.29) is 11.6 Å². The maximum absolute atomic E-state index is 12.1. The van der Waals surface area contributed by atoms with Crippen molar-refractivity contribution in [2.45, 2.75) is 39.8 Å². The van der Waals surface area contributed by atoms with Crippen LogP contribution in [0.25, 0.3) is 0 Å². The zero-order chi connectivity index (χ0) is 15.2. The normalized spacial score (nSPS) is 12.3. The van der Waals surface area contributed by atoms with E-state index >= 15 is 0 Å². The first-order valence-corrected chi connectivity index (χ1v) is 7.43. The molecular formula is C17H23N3O. The minimum atomic E-state index is -0.000572. The zero-order valence-electron chi connectivity index (χ0n) is 13.0. The number of nitrogens with one attached hydrogen (secondary N) is 1. The number of rotatable bonds is 6. The van der Waals surface area contributed by atoms with Gasteiger partial charge in [-0.05, 0) is 37.9 Å². The Labute approximate surface area is 125 Å². The van der Waals surface area contributed by atoms with Gasteiger partial charge in [-0.2, -0.15) is 0 Å². The molecule has 0 spiro atoms. The number of aryl methyl sites for hydroxylation is 2. The summed E-state index contributed by atoms with van der Waals surface area (Å²) in [6.45, 7) is 7.59. The summed E-state index contributed by atoms with van der Waals surface area (Å²) in [6.07, 6.45) is 2.69. The Balaban J connectivity index is 2.28. The summed E-state index contributed by atoms with van der Waals surface area (Å²) in [5.41, 5.74) is 3.22. The number of aromatic nitrogens is 2. The van der Waals surface area contributed by atoms with Gasteiger partial charge < -0.3 is 5.32 Å². The molecule has 2 rings (SSSR count). The van der Waals surface area contributed by atoms with Gasteiger partial charge in [-0.1, -0.05) is 31.2 Å². The van der Waals surface area contributed by atoms with Crippen LogP contribution in [0.5, 0.6) is 0 Å². The molecule has 1 unspecified atom stereocenters. The van der Waals surface area contributed by atoms with E-state index in [2.05, 4.69) is 36.3 Å². The van der Waals surface area contributed by atoms with Crippen LogP contribution in [-0.4, -0.2) is 16.1 Å². The minimum absolute atomic E-state index is 0.000572. The molecule has 2 aromatic rings. The van der Waals surface area contributed by atoms with Crippen LogP contribution in [0.2, 0.25) is 0 Å². The second-order valence-corrected chi connectivity index (χ2v) is 5.38. The van der Waals surface area contributed by atoms with Gasteiger partial charge in [0.25, 0.3) is 5.56 Å². The van der Waals surface area contributed by atoms with Crippen molar-refractivity contribution in [1.82, 2.24) is 14.9 Å². The van der Waals surface area contributed by atoms with Gasteiger partial charge in [-0.3, -0.25) is 9.36 Å². The lowest BCUT2D eigenvalue weighted by atomic mass is 10.0. The first kappa shape index (κ1) is 15.4. The number of hydrogen-bond donors (Lipinski definition) is 1. The Morgan fingerprint density at radius 2 is 2.05 bits per heavy atom. The first-order chi connectivity index (χ1) is 10.1. The Kier molecular flexibility index (Phi) is 5.28. The van der Waals surface area contributed by atoms with Crippen LogP contribution in [0.4, 0.5) is 0 Å².